The average molecular weight is 368 g/mol. The molecule has 0 radical (unpaired) electrons. The summed E-state index contributed by atoms with van der Waals surface area (Å²) < 4.78 is 10.5. The van der Waals surface area contributed by atoms with Gasteiger partial charge in [-0.2, -0.15) is 0 Å². The Kier molecular flexibility index (Phi) is 4.86. The van der Waals surface area contributed by atoms with Crippen molar-refractivity contribution < 1.29 is 14.3 Å². The Morgan fingerprint density at radius 2 is 2.19 bits per heavy atom. The number of hydrogen-bond donors (Lipinski definition) is 2. The number of carbonyl (C=O) groups is 1. The number of amides is 1. The van der Waals surface area contributed by atoms with Crippen LogP contribution >= 0.6 is 11.8 Å². The maximum atomic E-state index is 11.5. The normalized spacial score (nSPS) is 15.3. The summed E-state index contributed by atoms with van der Waals surface area (Å²) in [6, 6.07) is 12.4. The molecule has 0 aromatic heterocycles. The molecule has 2 aromatic carbocycles. The summed E-state index contributed by atoms with van der Waals surface area (Å²) in [5.41, 5.74) is 5.42. The number of hydrogen-bond acceptors (Lipinski definition) is 5. The van der Waals surface area contributed by atoms with E-state index in [0.29, 0.717) is 6.61 Å². The molecule has 2 aliphatic heterocycles. The predicted octanol–water partition coefficient (Wildman–Crippen LogP) is 3.72. The van der Waals surface area contributed by atoms with Crippen LogP contribution in [0.2, 0.25) is 0 Å². The summed E-state index contributed by atoms with van der Waals surface area (Å²) in [5.74, 6) is 1.51. The molecule has 4 rings (SSSR count). The van der Waals surface area contributed by atoms with Crippen LogP contribution in [-0.4, -0.2) is 38.5 Å². The number of nitrogens with one attached hydrogen (secondary N) is 2. The predicted molar refractivity (Wildman–Crippen MR) is 106 cm³/mol. The van der Waals surface area contributed by atoms with E-state index in [1.54, 1.807) is 7.11 Å². The maximum absolute atomic E-state index is 11.5. The molecule has 26 heavy (non-hydrogen) atoms. The Labute approximate surface area is 156 Å². The van der Waals surface area contributed by atoms with E-state index >= 15 is 0 Å². The number of ether oxygens (including phenoxy) is 2. The molecular weight excluding hydrogens is 348 g/mol. The number of fused-ring (bicyclic) bond motifs is 2. The van der Waals surface area contributed by atoms with E-state index in [1.165, 1.54) is 16.0 Å². The lowest BCUT2D eigenvalue weighted by molar-refractivity contribution is -0.118. The lowest BCUT2D eigenvalue weighted by Gasteiger charge is -2.21. The summed E-state index contributed by atoms with van der Waals surface area (Å²) in [6.07, 6.45) is 2.22. The Morgan fingerprint density at radius 3 is 3.08 bits per heavy atom. The van der Waals surface area contributed by atoms with E-state index in [0.717, 1.165) is 35.0 Å². The molecule has 0 saturated heterocycles. The molecule has 5 nitrogen and oxygen atoms in total. The monoisotopic (exact) mass is 368 g/mol. The highest BCUT2D eigenvalue weighted by Crippen LogP contribution is 2.39. The molecule has 2 aliphatic rings. The SMILES string of the molecule is COCCNc1ccc2c(c1)SCC(c1ccc3c(c1)NC(=O)CO3)=C2. The van der Waals surface area contributed by atoms with Gasteiger partial charge in [0.05, 0.1) is 12.3 Å². The molecule has 6 heteroatoms. The van der Waals surface area contributed by atoms with Gasteiger partial charge in [0, 0.05) is 30.0 Å². The van der Waals surface area contributed by atoms with E-state index in [-0.39, 0.29) is 12.5 Å². The van der Waals surface area contributed by atoms with Gasteiger partial charge in [0.1, 0.15) is 5.75 Å². The maximum Gasteiger partial charge on any atom is 0.262 e. The van der Waals surface area contributed by atoms with E-state index < -0.39 is 0 Å². The lowest BCUT2D eigenvalue weighted by Crippen LogP contribution is -2.25. The van der Waals surface area contributed by atoms with Crippen LogP contribution in [0.3, 0.4) is 0 Å². The molecule has 0 unspecified atom stereocenters. The highest BCUT2D eigenvalue weighted by atomic mass is 32.2. The fraction of sp³-hybridized carbons (Fsp3) is 0.250. The lowest BCUT2D eigenvalue weighted by atomic mass is 10.0. The van der Waals surface area contributed by atoms with Crippen LogP contribution in [0.25, 0.3) is 11.6 Å². The molecule has 1 amide bonds. The molecular formula is C20H20N2O3S. The largest absolute Gasteiger partial charge is 0.482 e. The summed E-state index contributed by atoms with van der Waals surface area (Å²) in [4.78, 5) is 12.8. The third-order valence-electron chi connectivity index (χ3n) is 4.34. The molecule has 0 saturated carbocycles. The minimum Gasteiger partial charge on any atom is -0.482 e. The van der Waals surface area contributed by atoms with Gasteiger partial charge in [0.2, 0.25) is 0 Å². The summed E-state index contributed by atoms with van der Waals surface area (Å²) in [6.45, 7) is 1.57. The summed E-state index contributed by atoms with van der Waals surface area (Å²) >= 11 is 1.82. The van der Waals surface area contributed by atoms with Crippen molar-refractivity contribution in [2.24, 2.45) is 0 Å². The zero-order chi connectivity index (χ0) is 17.9. The standard InChI is InChI=1S/C20H20N2O3S/c1-24-7-6-21-16-4-2-14-8-15(12-26-19(14)10-16)13-3-5-18-17(9-13)22-20(23)11-25-18/h2-5,8-10,21H,6-7,11-12H2,1H3,(H,22,23). The third-order valence-corrected chi connectivity index (χ3v) is 5.46. The van der Waals surface area contributed by atoms with Gasteiger partial charge in [0.15, 0.2) is 6.61 Å². The van der Waals surface area contributed by atoms with Crippen molar-refractivity contribution in [3.8, 4) is 5.75 Å². The zero-order valence-corrected chi connectivity index (χ0v) is 15.3. The van der Waals surface area contributed by atoms with Gasteiger partial charge < -0.3 is 20.1 Å². The van der Waals surface area contributed by atoms with Crippen LogP contribution in [0, 0.1) is 0 Å². The van der Waals surface area contributed by atoms with E-state index in [2.05, 4.69) is 34.9 Å². The highest BCUT2D eigenvalue weighted by molar-refractivity contribution is 7.99. The number of methoxy groups -OCH3 is 1. The summed E-state index contributed by atoms with van der Waals surface area (Å²) in [5, 5.41) is 6.24. The minimum atomic E-state index is -0.111. The Bertz CT molecular complexity index is 879. The smallest absolute Gasteiger partial charge is 0.262 e. The number of carbonyl (C=O) groups excluding carboxylic acids is 1. The van der Waals surface area contributed by atoms with Crippen LogP contribution < -0.4 is 15.4 Å². The van der Waals surface area contributed by atoms with E-state index in [9.17, 15) is 4.79 Å². The molecule has 0 atom stereocenters. The second-order valence-corrected chi connectivity index (χ2v) is 7.20. The van der Waals surface area contributed by atoms with Crippen molar-refractivity contribution in [2.45, 2.75) is 4.90 Å². The quantitative estimate of drug-likeness (QED) is 0.788. The first-order valence-electron chi connectivity index (χ1n) is 8.50. The van der Waals surface area contributed by atoms with Crippen molar-refractivity contribution >= 4 is 40.7 Å². The van der Waals surface area contributed by atoms with Gasteiger partial charge in [-0.05, 0) is 47.0 Å². The van der Waals surface area contributed by atoms with Crippen LogP contribution in [0.5, 0.6) is 5.75 Å². The fourth-order valence-electron chi connectivity index (χ4n) is 3.02. The summed E-state index contributed by atoms with van der Waals surface area (Å²) in [7, 11) is 1.70. The number of benzene rings is 2. The fourth-order valence-corrected chi connectivity index (χ4v) is 4.09. The van der Waals surface area contributed by atoms with Gasteiger partial charge in [-0.15, -0.1) is 11.8 Å². The zero-order valence-electron chi connectivity index (χ0n) is 14.5. The van der Waals surface area contributed by atoms with Crippen LogP contribution in [-0.2, 0) is 9.53 Å². The highest BCUT2D eigenvalue weighted by Gasteiger charge is 2.18. The number of rotatable bonds is 5. The molecule has 0 spiro atoms. The third kappa shape index (κ3) is 3.57. The van der Waals surface area contributed by atoms with Crippen LogP contribution in [0.4, 0.5) is 11.4 Å². The first-order chi connectivity index (χ1) is 12.7. The minimum absolute atomic E-state index is 0.0824. The average Bonchev–Trinajstić information content (AvgIpc) is 2.67. The van der Waals surface area contributed by atoms with E-state index in [4.69, 9.17) is 9.47 Å². The molecule has 2 heterocycles. The molecule has 0 bridgehead atoms. The van der Waals surface area contributed by atoms with Gasteiger partial charge >= 0.3 is 0 Å². The van der Waals surface area contributed by atoms with Gasteiger partial charge in [-0.1, -0.05) is 12.1 Å². The Morgan fingerprint density at radius 1 is 1.27 bits per heavy atom. The Balaban J connectivity index is 1.56. The topological polar surface area (TPSA) is 59.6 Å². The van der Waals surface area contributed by atoms with E-state index in [1.807, 2.05) is 30.0 Å². The van der Waals surface area contributed by atoms with Gasteiger partial charge in [-0.25, -0.2) is 0 Å². The van der Waals surface area contributed by atoms with Crippen molar-refractivity contribution in [3.05, 3.63) is 47.5 Å². The molecule has 0 fully saturated rings. The van der Waals surface area contributed by atoms with Crippen molar-refractivity contribution in [3.63, 3.8) is 0 Å². The first kappa shape index (κ1) is 17.0. The van der Waals surface area contributed by atoms with Gasteiger partial charge in [0.25, 0.3) is 5.91 Å². The van der Waals surface area contributed by atoms with Crippen molar-refractivity contribution in [1.82, 2.24) is 0 Å². The first-order valence-corrected chi connectivity index (χ1v) is 9.49. The van der Waals surface area contributed by atoms with Crippen LogP contribution in [0.1, 0.15) is 11.1 Å². The molecule has 2 aromatic rings. The molecule has 0 aliphatic carbocycles. The van der Waals surface area contributed by atoms with Crippen molar-refractivity contribution in [2.75, 3.05) is 43.3 Å². The number of thioether (sulfide) groups is 1. The second-order valence-electron chi connectivity index (χ2n) is 6.18. The van der Waals surface area contributed by atoms with Crippen LogP contribution in [0.15, 0.2) is 41.3 Å². The van der Waals surface area contributed by atoms with Gasteiger partial charge in [-0.3, -0.25) is 4.79 Å². The molecule has 134 valence electrons. The molecule has 2 N–H and O–H groups in total. The Hall–Kier alpha value is -2.44. The second kappa shape index (κ2) is 7.43. The van der Waals surface area contributed by atoms with Crippen molar-refractivity contribution in [1.29, 1.82) is 0 Å². The number of anilines is 2.